The van der Waals surface area contributed by atoms with E-state index in [0.29, 0.717) is 24.7 Å². The van der Waals surface area contributed by atoms with E-state index in [0.717, 1.165) is 62.1 Å². The lowest BCUT2D eigenvalue weighted by atomic mass is 10.2. The number of hydrogen-bond donors (Lipinski definition) is 2. The molecule has 0 atom stereocenters. The van der Waals surface area contributed by atoms with E-state index in [1.165, 1.54) is 0 Å². The molecule has 2 aliphatic rings. The first-order valence-electron chi connectivity index (χ1n) is 11.5. The lowest BCUT2D eigenvalue weighted by molar-refractivity contribution is 0.122. The van der Waals surface area contributed by atoms with Crippen molar-refractivity contribution in [3.8, 4) is 11.4 Å². The summed E-state index contributed by atoms with van der Waals surface area (Å²) in [6, 6.07) is 17.0. The first kappa shape index (κ1) is 22.1. The molecule has 9 nitrogen and oxygen atoms in total. The molecule has 3 aromatic rings. The Morgan fingerprint density at radius 2 is 1.29 bits per heavy atom. The molecule has 0 spiro atoms. The van der Waals surface area contributed by atoms with E-state index >= 15 is 0 Å². The molecule has 2 saturated heterocycles. The number of morpholine rings is 2. The number of hydrogen-bond acceptors (Lipinski definition) is 7. The van der Waals surface area contributed by atoms with Crippen molar-refractivity contribution in [2.24, 2.45) is 0 Å². The van der Waals surface area contributed by atoms with E-state index in [1.807, 2.05) is 54.6 Å². The summed E-state index contributed by atoms with van der Waals surface area (Å²) in [7, 11) is 0. The second-order valence-corrected chi connectivity index (χ2v) is 8.14. The number of aromatic nitrogens is 2. The number of nitrogens with zero attached hydrogens (tertiary/aromatic N) is 4. The fourth-order valence-electron chi connectivity index (χ4n) is 4.03. The van der Waals surface area contributed by atoms with Crippen LogP contribution in [0.3, 0.4) is 0 Å². The van der Waals surface area contributed by atoms with Crippen molar-refractivity contribution in [1.29, 1.82) is 0 Å². The molecular formula is C25H28N6O3. The van der Waals surface area contributed by atoms with Crippen LogP contribution in [0.25, 0.3) is 11.4 Å². The van der Waals surface area contributed by atoms with E-state index in [-0.39, 0.29) is 6.03 Å². The molecule has 0 bridgehead atoms. The summed E-state index contributed by atoms with van der Waals surface area (Å²) in [6.07, 6.45) is 1.77. The highest BCUT2D eigenvalue weighted by atomic mass is 16.5. The number of rotatable bonds is 5. The molecule has 0 radical (unpaired) electrons. The third kappa shape index (κ3) is 5.44. The number of nitrogens with one attached hydrogen (secondary N) is 2. The number of urea groups is 1. The first-order chi connectivity index (χ1) is 16.7. The van der Waals surface area contributed by atoms with Crippen molar-refractivity contribution < 1.29 is 14.3 Å². The minimum atomic E-state index is -0.294. The maximum absolute atomic E-state index is 12.5. The van der Waals surface area contributed by atoms with Crippen molar-refractivity contribution >= 4 is 28.9 Å². The van der Waals surface area contributed by atoms with Gasteiger partial charge in [-0.15, -0.1) is 0 Å². The number of benzene rings is 2. The van der Waals surface area contributed by atoms with E-state index in [2.05, 4.69) is 25.4 Å². The van der Waals surface area contributed by atoms with Gasteiger partial charge >= 0.3 is 6.03 Å². The van der Waals surface area contributed by atoms with Crippen LogP contribution in [0.5, 0.6) is 0 Å². The smallest absolute Gasteiger partial charge is 0.323 e. The number of ether oxygens (including phenoxy) is 2. The van der Waals surface area contributed by atoms with Crippen LogP contribution in [0.2, 0.25) is 0 Å². The Hall–Kier alpha value is -3.69. The minimum Gasteiger partial charge on any atom is -0.378 e. The molecule has 176 valence electrons. The average molecular weight is 461 g/mol. The predicted molar refractivity (Wildman–Crippen MR) is 133 cm³/mol. The lowest BCUT2D eigenvalue weighted by Crippen LogP contribution is -2.36. The van der Waals surface area contributed by atoms with Gasteiger partial charge in [0.25, 0.3) is 0 Å². The largest absolute Gasteiger partial charge is 0.378 e. The highest BCUT2D eigenvalue weighted by Gasteiger charge is 2.14. The van der Waals surface area contributed by atoms with E-state index < -0.39 is 0 Å². The minimum absolute atomic E-state index is 0.294. The van der Waals surface area contributed by atoms with Gasteiger partial charge in [0.15, 0.2) is 5.82 Å². The third-order valence-corrected chi connectivity index (χ3v) is 5.88. The summed E-state index contributed by atoms with van der Waals surface area (Å²) in [5.41, 5.74) is 3.44. The van der Waals surface area contributed by atoms with Gasteiger partial charge in [-0.3, -0.25) is 0 Å². The summed E-state index contributed by atoms with van der Waals surface area (Å²) in [5, 5.41) is 5.75. The van der Waals surface area contributed by atoms with E-state index in [9.17, 15) is 4.79 Å². The Balaban J connectivity index is 1.18. The number of anilines is 4. The van der Waals surface area contributed by atoms with E-state index in [1.54, 1.807) is 6.20 Å². The molecular weight excluding hydrogens is 432 g/mol. The van der Waals surface area contributed by atoms with Crippen LogP contribution < -0.4 is 20.4 Å². The quantitative estimate of drug-likeness (QED) is 0.602. The van der Waals surface area contributed by atoms with Gasteiger partial charge in [0.1, 0.15) is 5.82 Å². The van der Waals surface area contributed by atoms with Gasteiger partial charge in [0, 0.05) is 55.0 Å². The van der Waals surface area contributed by atoms with Gasteiger partial charge in [0.2, 0.25) is 0 Å². The monoisotopic (exact) mass is 460 g/mol. The molecule has 2 amide bonds. The molecule has 3 heterocycles. The maximum Gasteiger partial charge on any atom is 0.323 e. The Kier molecular flexibility index (Phi) is 6.83. The molecule has 9 heteroatoms. The Morgan fingerprint density at radius 3 is 1.91 bits per heavy atom. The van der Waals surface area contributed by atoms with Crippen LogP contribution >= 0.6 is 0 Å². The average Bonchev–Trinajstić information content (AvgIpc) is 2.91. The molecule has 0 aliphatic carbocycles. The Labute approximate surface area is 198 Å². The van der Waals surface area contributed by atoms with Crippen molar-refractivity contribution in [3.63, 3.8) is 0 Å². The Bertz CT molecular complexity index is 1090. The molecule has 5 rings (SSSR count). The summed E-state index contributed by atoms with van der Waals surface area (Å²) < 4.78 is 10.8. The lowest BCUT2D eigenvalue weighted by Gasteiger charge is -2.28. The van der Waals surface area contributed by atoms with Gasteiger partial charge in [-0.05, 0) is 54.6 Å². The topological polar surface area (TPSA) is 91.9 Å². The fraction of sp³-hybridized carbons (Fsp3) is 0.320. The van der Waals surface area contributed by atoms with Gasteiger partial charge in [-0.1, -0.05) is 0 Å². The maximum atomic E-state index is 12.5. The number of carbonyl (C=O) groups is 1. The van der Waals surface area contributed by atoms with Crippen LogP contribution in [0.4, 0.5) is 27.7 Å². The molecule has 0 saturated carbocycles. The zero-order valence-electron chi connectivity index (χ0n) is 18.9. The van der Waals surface area contributed by atoms with Crippen molar-refractivity contribution in [2.45, 2.75) is 0 Å². The van der Waals surface area contributed by atoms with Gasteiger partial charge < -0.3 is 29.9 Å². The summed E-state index contributed by atoms with van der Waals surface area (Å²) in [6.45, 7) is 6.31. The SMILES string of the molecule is O=C(Nc1ccc(-c2nccc(N3CCOCC3)n2)cc1)Nc1ccc(N2CCOCC2)cc1. The molecule has 2 N–H and O–H groups in total. The molecule has 2 aliphatic heterocycles. The zero-order chi connectivity index (χ0) is 23.2. The molecule has 2 aromatic carbocycles. The third-order valence-electron chi connectivity index (χ3n) is 5.88. The second kappa shape index (κ2) is 10.5. The van der Waals surface area contributed by atoms with Gasteiger partial charge in [-0.25, -0.2) is 14.8 Å². The summed E-state index contributed by atoms with van der Waals surface area (Å²) >= 11 is 0. The van der Waals surface area contributed by atoms with Crippen molar-refractivity contribution in [1.82, 2.24) is 9.97 Å². The standard InChI is InChI=1S/C25H28N6O3/c32-25(28-21-5-7-22(8-6-21)30-11-15-33-16-12-30)27-20-3-1-19(2-4-20)24-26-10-9-23(29-24)31-13-17-34-18-14-31/h1-10H,11-18H2,(H2,27,28,32). The normalized spacial score (nSPS) is 16.2. The van der Waals surface area contributed by atoms with Crippen LogP contribution in [0.1, 0.15) is 0 Å². The number of carbonyl (C=O) groups excluding carboxylic acids is 1. The molecule has 1 aromatic heterocycles. The van der Waals surface area contributed by atoms with Gasteiger partial charge in [0.05, 0.1) is 26.4 Å². The van der Waals surface area contributed by atoms with Crippen molar-refractivity contribution in [3.05, 3.63) is 60.8 Å². The van der Waals surface area contributed by atoms with Crippen molar-refractivity contribution in [2.75, 3.05) is 73.0 Å². The highest BCUT2D eigenvalue weighted by Crippen LogP contribution is 2.22. The number of amides is 2. The first-order valence-corrected chi connectivity index (χ1v) is 11.5. The van der Waals surface area contributed by atoms with Crippen LogP contribution in [0, 0.1) is 0 Å². The fourth-order valence-corrected chi connectivity index (χ4v) is 4.03. The molecule has 2 fully saturated rings. The summed E-state index contributed by atoms with van der Waals surface area (Å²) in [4.78, 5) is 26.0. The van der Waals surface area contributed by atoms with Crippen LogP contribution in [-0.2, 0) is 9.47 Å². The molecule has 34 heavy (non-hydrogen) atoms. The predicted octanol–water partition coefficient (Wildman–Crippen LogP) is 3.46. The second-order valence-electron chi connectivity index (χ2n) is 8.14. The highest BCUT2D eigenvalue weighted by molar-refractivity contribution is 5.99. The van der Waals surface area contributed by atoms with Crippen LogP contribution in [0.15, 0.2) is 60.8 Å². The summed E-state index contributed by atoms with van der Waals surface area (Å²) in [5.74, 6) is 1.55. The Morgan fingerprint density at radius 1 is 0.735 bits per heavy atom. The van der Waals surface area contributed by atoms with Gasteiger partial charge in [-0.2, -0.15) is 0 Å². The van der Waals surface area contributed by atoms with Crippen LogP contribution in [-0.4, -0.2) is 68.6 Å². The van der Waals surface area contributed by atoms with E-state index in [4.69, 9.17) is 14.5 Å². The zero-order valence-corrected chi connectivity index (χ0v) is 18.9. The molecule has 0 unspecified atom stereocenters.